The molecule has 0 aliphatic rings. The summed E-state index contributed by atoms with van der Waals surface area (Å²) < 4.78 is 1.55. The van der Waals surface area contributed by atoms with E-state index in [2.05, 4.69) is 42.5 Å². The van der Waals surface area contributed by atoms with Crippen molar-refractivity contribution >= 4 is 43.7 Å². The van der Waals surface area contributed by atoms with Gasteiger partial charge in [-0.05, 0) is 41.1 Å². The number of nitrogens with one attached hydrogen (secondary N) is 2. The van der Waals surface area contributed by atoms with Crippen molar-refractivity contribution in [2.45, 2.75) is 13.0 Å². The van der Waals surface area contributed by atoms with Crippen LogP contribution < -0.4 is 10.6 Å². The number of rotatable bonds is 3. The van der Waals surface area contributed by atoms with Crippen molar-refractivity contribution in [3.8, 4) is 0 Å². The SMILES string of the molecule is CNC(=O)C(C)NC(=O)c1ccc(Br)cc1Br. The lowest BCUT2D eigenvalue weighted by Gasteiger charge is -2.13. The molecule has 1 aromatic rings. The highest BCUT2D eigenvalue weighted by molar-refractivity contribution is 9.11. The second-order valence-corrected chi connectivity index (χ2v) is 5.20. The van der Waals surface area contributed by atoms with Crippen LogP contribution in [0.5, 0.6) is 0 Å². The summed E-state index contributed by atoms with van der Waals surface area (Å²) in [6, 6.07) is 4.66. The first-order valence-corrected chi connectivity index (χ1v) is 6.51. The van der Waals surface area contributed by atoms with Crippen LogP contribution in [-0.2, 0) is 4.79 Å². The molecule has 0 saturated carbocycles. The molecule has 2 N–H and O–H groups in total. The van der Waals surface area contributed by atoms with Crippen LogP contribution in [0.15, 0.2) is 27.1 Å². The summed E-state index contributed by atoms with van der Waals surface area (Å²) in [5.74, 6) is -0.521. The molecule has 4 nitrogen and oxygen atoms in total. The van der Waals surface area contributed by atoms with Crippen molar-refractivity contribution in [2.24, 2.45) is 0 Å². The molecule has 0 spiro atoms. The molecule has 0 fully saturated rings. The van der Waals surface area contributed by atoms with Gasteiger partial charge in [0.15, 0.2) is 0 Å². The predicted octanol–water partition coefficient (Wildman–Crippen LogP) is 2.08. The second kappa shape index (κ2) is 6.16. The Morgan fingerprint density at radius 3 is 2.47 bits per heavy atom. The number of hydrogen-bond donors (Lipinski definition) is 2. The van der Waals surface area contributed by atoms with Gasteiger partial charge in [-0.25, -0.2) is 0 Å². The molecule has 0 bridgehead atoms. The lowest BCUT2D eigenvalue weighted by Crippen LogP contribution is -2.43. The average molecular weight is 364 g/mol. The lowest BCUT2D eigenvalue weighted by atomic mass is 10.2. The first-order valence-electron chi connectivity index (χ1n) is 4.93. The highest BCUT2D eigenvalue weighted by Crippen LogP contribution is 2.21. The fourth-order valence-corrected chi connectivity index (χ4v) is 2.46. The maximum absolute atomic E-state index is 11.9. The molecular weight excluding hydrogens is 352 g/mol. The smallest absolute Gasteiger partial charge is 0.253 e. The highest BCUT2D eigenvalue weighted by Gasteiger charge is 2.16. The zero-order valence-electron chi connectivity index (χ0n) is 9.38. The van der Waals surface area contributed by atoms with Gasteiger partial charge in [-0.2, -0.15) is 0 Å². The van der Waals surface area contributed by atoms with Gasteiger partial charge in [0.2, 0.25) is 5.91 Å². The van der Waals surface area contributed by atoms with E-state index in [4.69, 9.17) is 0 Å². The van der Waals surface area contributed by atoms with E-state index in [0.29, 0.717) is 10.0 Å². The summed E-state index contributed by atoms with van der Waals surface area (Å²) in [5.41, 5.74) is 0.490. The third-order valence-corrected chi connectivity index (χ3v) is 3.31. The predicted molar refractivity (Wildman–Crippen MR) is 72.8 cm³/mol. The van der Waals surface area contributed by atoms with Crippen molar-refractivity contribution < 1.29 is 9.59 Å². The Kier molecular flexibility index (Phi) is 5.14. The molecule has 0 aromatic heterocycles. The van der Waals surface area contributed by atoms with Crippen molar-refractivity contribution in [1.82, 2.24) is 10.6 Å². The third kappa shape index (κ3) is 3.81. The van der Waals surface area contributed by atoms with E-state index in [0.717, 1.165) is 4.47 Å². The maximum Gasteiger partial charge on any atom is 0.253 e. The summed E-state index contributed by atoms with van der Waals surface area (Å²) in [4.78, 5) is 23.1. The summed E-state index contributed by atoms with van der Waals surface area (Å²) in [6.07, 6.45) is 0. The molecule has 0 heterocycles. The Labute approximate surface area is 116 Å². The van der Waals surface area contributed by atoms with Crippen molar-refractivity contribution in [3.05, 3.63) is 32.7 Å². The van der Waals surface area contributed by atoms with Gasteiger partial charge in [-0.1, -0.05) is 15.9 Å². The molecular formula is C11H12Br2N2O2. The number of carbonyl (C=O) groups excluding carboxylic acids is 2. The minimum atomic E-state index is -0.567. The van der Waals surface area contributed by atoms with Crippen LogP contribution >= 0.6 is 31.9 Å². The standard InChI is InChI=1S/C11H12Br2N2O2/c1-6(10(16)14-2)15-11(17)8-4-3-7(12)5-9(8)13/h3-6H,1-2H3,(H,14,16)(H,15,17). The van der Waals surface area contributed by atoms with Gasteiger partial charge < -0.3 is 10.6 Å². The number of amides is 2. The minimum Gasteiger partial charge on any atom is -0.357 e. The molecule has 0 saturated heterocycles. The fourth-order valence-electron chi connectivity index (χ4n) is 1.23. The molecule has 1 aromatic carbocycles. The van der Waals surface area contributed by atoms with Gasteiger partial charge in [0.25, 0.3) is 5.91 Å². The van der Waals surface area contributed by atoms with Gasteiger partial charge in [-0.15, -0.1) is 0 Å². The molecule has 0 radical (unpaired) electrons. The van der Waals surface area contributed by atoms with E-state index in [1.165, 1.54) is 7.05 Å². The Balaban J connectivity index is 2.80. The van der Waals surface area contributed by atoms with Crippen LogP contribution in [-0.4, -0.2) is 24.9 Å². The van der Waals surface area contributed by atoms with Crippen LogP contribution in [0.4, 0.5) is 0 Å². The van der Waals surface area contributed by atoms with Gasteiger partial charge in [0.1, 0.15) is 6.04 Å². The normalized spacial score (nSPS) is 11.8. The summed E-state index contributed by atoms with van der Waals surface area (Å²) in [6.45, 7) is 1.63. The molecule has 6 heteroatoms. The third-order valence-electron chi connectivity index (χ3n) is 2.16. The lowest BCUT2D eigenvalue weighted by molar-refractivity contribution is -0.122. The van der Waals surface area contributed by atoms with E-state index in [1.54, 1.807) is 25.1 Å². The zero-order valence-corrected chi connectivity index (χ0v) is 12.6. The molecule has 92 valence electrons. The van der Waals surface area contributed by atoms with E-state index < -0.39 is 6.04 Å². The topological polar surface area (TPSA) is 58.2 Å². The number of carbonyl (C=O) groups is 2. The number of benzene rings is 1. The first-order chi connectivity index (χ1) is 7.95. The largest absolute Gasteiger partial charge is 0.357 e. The molecule has 17 heavy (non-hydrogen) atoms. The van der Waals surface area contributed by atoms with Crippen LogP contribution in [0.3, 0.4) is 0 Å². The Morgan fingerprint density at radius 1 is 1.29 bits per heavy atom. The maximum atomic E-state index is 11.9. The summed E-state index contributed by atoms with van der Waals surface area (Å²) >= 11 is 6.61. The van der Waals surface area contributed by atoms with E-state index in [1.807, 2.05) is 0 Å². The molecule has 1 rings (SSSR count). The summed E-state index contributed by atoms with van der Waals surface area (Å²) in [5, 5.41) is 5.08. The average Bonchev–Trinajstić information content (AvgIpc) is 2.27. The quantitative estimate of drug-likeness (QED) is 0.863. The zero-order chi connectivity index (χ0) is 13.0. The van der Waals surface area contributed by atoms with E-state index in [9.17, 15) is 9.59 Å². The Hall–Kier alpha value is -0.880. The molecule has 1 unspecified atom stereocenters. The van der Waals surface area contributed by atoms with Crippen molar-refractivity contribution in [3.63, 3.8) is 0 Å². The fraction of sp³-hybridized carbons (Fsp3) is 0.273. The molecule has 1 atom stereocenters. The molecule has 0 aliphatic carbocycles. The van der Waals surface area contributed by atoms with E-state index in [-0.39, 0.29) is 11.8 Å². The summed E-state index contributed by atoms with van der Waals surface area (Å²) in [7, 11) is 1.53. The Bertz CT molecular complexity index is 449. The highest BCUT2D eigenvalue weighted by atomic mass is 79.9. The molecule has 0 aliphatic heterocycles. The van der Waals surface area contributed by atoms with Crippen LogP contribution in [0.25, 0.3) is 0 Å². The monoisotopic (exact) mass is 362 g/mol. The second-order valence-electron chi connectivity index (χ2n) is 3.43. The van der Waals surface area contributed by atoms with Crippen molar-refractivity contribution in [1.29, 1.82) is 0 Å². The molecule has 2 amide bonds. The number of halogens is 2. The number of hydrogen-bond acceptors (Lipinski definition) is 2. The minimum absolute atomic E-state index is 0.230. The van der Waals surface area contributed by atoms with Gasteiger partial charge in [0.05, 0.1) is 5.56 Å². The van der Waals surface area contributed by atoms with Crippen LogP contribution in [0, 0.1) is 0 Å². The number of likely N-dealkylation sites (N-methyl/N-ethyl adjacent to an activating group) is 1. The van der Waals surface area contributed by atoms with Gasteiger partial charge >= 0.3 is 0 Å². The van der Waals surface area contributed by atoms with Crippen molar-refractivity contribution in [2.75, 3.05) is 7.05 Å². The van der Waals surface area contributed by atoms with Crippen LogP contribution in [0.2, 0.25) is 0 Å². The van der Waals surface area contributed by atoms with Gasteiger partial charge in [0, 0.05) is 16.0 Å². The van der Waals surface area contributed by atoms with E-state index >= 15 is 0 Å². The van der Waals surface area contributed by atoms with Crippen LogP contribution in [0.1, 0.15) is 17.3 Å². The Morgan fingerprint density at radius 2 is 1.94 bits per heavy atom. The first kappa shape index (κ1) is 14.2. The van der Waals surface area contributed by atoms with Gasteiger partial charge in [-0.3, -0.25) is 9.59 Å².